The van der Waals surface area contributed by atoms with Crippen molar-refractivity contribution in [3.8, 4) is 0 Å². The average molecular weight is 363 g/mol. The number of aromatic nitrogens is 4. The van der Waals surface area contributed by atoms with Crippen LogP contribution in [0.4, 0.5) is 11.5 Å². The Bertz CT molecular complexity index is 892. The van der Waals surface area contributed by atoms with Crippen LogP contribution in [-0.2, 0) is 6.54 Å². The molecule has 3 heterocycles. The third-order valence-electron chi connectivity index (χ3n) is 5.60. The van der Waals surface area contributed by atoms with E-state index in [-0.39, 0.29) is 0 Å². The van der Waals surface area contributed by atoms with Crippen LogP contribution in [0.3, 0.4) is 0 Å². The summed E-state index contributed by atoms with van der Waals surface area (Å²) in [6, 6.07) is 8.88. The fraction of sp³-hybridized carbons (Fsp3) is 0.450. The van der Waals surface area contributed by atoms with Crippen LogP contribution in [0.15, 0.2) is 36.8 Å². The second-order valence-electron chi connectivity index (χ2n) is 7.61. The minimum atomic E-state index is 0.729. The summed E-state index contributed by atoms with van der Waals surface area (Å²) < 4.78 is 0. The highest BCUT2D eigenvalue weighted by Crippen LogP contribution is 2.30. The first-order valence-electron chi connectivity index (χ1n) is 9.79. The maximum absolute atomic E-state index is 4.32. The van der Waals surface area contributed by atoms with Gasteiger partial charge in [0.05, 0.1) is 11.6 Å². The van der Waals surface area contributed by atoms with Crippen LogP contribution in [0.1, 0.15) is 18.4 Å². The first-order chi connectivity index (χ1) is 13.3. The maximum atomic E-state index is 4.32. The summed E-state index contributed by atoms with van der Waals surface area (Å²) in [5, 5.41) is 11.2. The Kier molecular flexibility index (Phi) is 4.37. The molecule has 2 fully saturated rings. The van der Waals surface area contributed by atoms with E-state index in [9.17, 15) is 0 Å². The van der Waals surface area contributed by atoms with Crippen molar-refractivity contribution in [2.75, 3.05) is 42.9 Å². The zero-order valence-corrected chi connectivity index (χ0v) is 15.4. The first-order valence-corrected chi connectivity index (χ1v) is 9.79. The zero-order chi connectivity index (χ0) is 18.1. The number of anilines is 2. The van der Waals surface area contributed by atoms with Crippen LogP contribution in [0.25, 0.3) is 11.0 Å². The molecule has 2 N–H and O–H groups in total. The molecule has 27 heavy (non-hydrogen) atoms. The number of piperazine rings is 1. The van der Waals surface area contributed by atoms with Crippen LogP contribution in [0.2, 0.25) is 0 Å². The van der Waals surface area contributed by atoms with Gasteiger partial charge in [0.2, 0.25) is 0 Å². The quantitative estimate of drug-likeness (QED) is 0.701. The zero-order valence-electron chi connectivity index (χ0n) is 15.4. The molecule has 0 atom stereocenters. The van der Waals surface area contributed by atoms with E-state index in [1.807, 2.05) is 0 Å². The summed E-state index contributed by atoms with van der Waals surface area (Å²) in [4.78, 5) is 13.6. The molecule has 0 spiro atoms. The van der Waals surface area contributed by atoms with Gasteiger partial charge in [-0.05, 0) is 36.5 Å². The van der Waals surface area contributed by atoms with Crippen molar-refractivity contribution < 1.29 is 0 Å². The molecule has 3 aromatic rings. The smallest absolute Gasteiger partial charge is 0.160 e. The lowest BCUT2D eigenvalue weighted by molar-refractivity contribution is 0.248. The summed E-state index contributed by atoms with van der Waals surface area (Å²) in [5.41, 5.74) is 3.31. The van der Waals surface area contributed by atoms with Crippen LogP contribution < -0.4 is 10.2 Å². The molecule has 5 rings (SSSR count). The third-order valence-corrected chi connectivity index (χ3v) is 5.60. The van der Waals surface area contributed by atoms with E-state index in [1.54, 1.807) is 12.5 Å². The summed E-state index contributed by atoms with van der Waals surface area (Å²) in [7, 11) is 0. The molecule has 0 radical (unpaired) electrons. The number of fused-ring (bicyclic) bond motifs is 1. The Morgan fingerprint density at radius 2 is 1.85 bits per heavy atom. The maximum Gasteiger partial charge on any atom is 0.160 e. The van der Waals surface area contributed by atoms with Gasteiger partial charge in [-0.15, -0.1) is 0 Å². The highest BCUT2D eigenvalue weighted by Gasteiger charge is 2.26. The molecule has 7 heteroatoms. The standard InChI is InChI=1S/C20H25N7/c1-2-16(1)13-26-7-9-27(10-8-26)17-5-3-15(4-6-17)11-21-19-18-12-24-25-20(18)23-14-22-19/h3-6,12,14,16H,1-2,7-11,13H2,(H2,21,22,23,24,25). The Balaban J connectivity index is 1.17. The largest absolute Gasteiger partial charge is 0.369 e. The van der Waals surface area contributed by atoms with Gasteiger partial charge in [0.25, 0.3) is 0 Å². The molecule has 1 saturated carbocycles. The summed E-state index contributed by atoms with van der Waals surface area (Å²) in [5.74, 6) is 1.80. The lowest BCUT2D eigenvalue weighted by Crippen LogP contribution is -2.47. The molecule has 0 amide bonds. The highest BCUT2D eigenvalue weighted by atomic mass is 15.3. The fourth-order valence-electron chi connectivity index (χ4n) is 3.77. The van der Waals surface area contributed by atoms with E-state index in [1.165, 1.54) is 43.7 Å². The molecule has 2 aliphatic rings. The van der Waals surface area contributed by atoms with E-state index in [2.05, 4.69) is 59.5 Å². The van der Waals surface area contributed by atoms with Crippen LogP contribution >= 0.6 is 0 Å². The van der Waals surface area contributed by atoms with E-state index in [0.717, 1.165) is 42.4 Å². The molecular weight excluding hydrogens is 338 g/mol. The monoisotopic (exact) mass is 363 g/mol. The summed E-state index contributed by atoms with van der Waals surface area (Å²) in [6.45, 7) is 6.67. The van der Waals surface area contributed by atoms with Crippen molar-refractivity contribution in [2.45, 2.75) is 19.4 Å². The second kappa shape index (κ2) is 7.15. The average Bonchev–Trinajstić information content (AvgIpc) is 3.39. The topological polar surface area (TPSA) is 73.0 Å². The van der Waals surface area contributed by atoms with E-state index in [0.29, 0.717) is 0 Å². The molecule has 2 aromatic heterocycles. The number of hydrogen-bond donors (Lipinski definition) is 2. The number of nitrogens with zero attached hydrogens (tertiary/aromatic N) is 5. The van der Waals surface area contributed by atoms with Crippen molar-refractivity contribution in [1.82, 2.24) is 25.1 Å². The van der Waals surface area contributed by atoms with Crippen molar-refractivity contribution >= 4 is 22.5 Å². The van der Waals surface area contributed by atoms with Gasteiger partial charge < -0.3 is 10.2 Å². The van der Waals surface area contributed by atoms with Gasteiger partial charge >= 0.3 is 0 Å². The lowest BCUT2D eigenvalue weighted by Gasteiger charge is -2.36. The molecule has 0 unspecified atom stereocenters. The fourth-order valence-corrected chi connectivity index (χ4v) is 3.77. The van der Waals surface area contributed by atoms with Gasteiger partial charge in [0.1, 0.15) is 12.1 Å². The van der Waals surface area contributed by atoms with E-state index in [4.69, 9.17) is 0 Å². The normalized spacial score (nSPS) is 18.1. The van der Waals surface area contributed by atoms with E-state index >= 15 is 0 Å². The number of aromatic amines is 1. The highest BCUT2D eigenvalue weighted by molar-refractivity contribution is 5.85. The van der Waals surface area contributed by atoms with Gasteiger partial charge in [-0.2, -0.15) is 5.10 Å². The Morgan fingerprint density at radius 1 is 1.04 bits per heavy atom. The predicted octanol–water partition coefficient (Wildman–Crippen LogP) is 2.50. The SMILES string of the molecule is c1nc(NCc2ccc(N3CCN(CC4CC4)CC3)cc2)c2cn[nH]c2n1. The minimum Gasteiger partial charge on any atom is -0.369 e. The first kappa shape index (κ1) is 16.5. The van der Waals surface area contributed by atoms with Crippen LogP contribution in [0, 0.1) is 5.92 Å². The van der Waals surface area contributed by atoms with Gasteiger partial charge in [0, 0.05) is 45.0 Å². The number of benzene rings is 1. The van der Waals surface area contributed by atoms with Crippen molar-refractivity contribution in [1.29, 1.82) is 0 Å². The Labute approximate surface area is 158 Å². The molecule has 0 bridgehead atoms. The Morgan fingerprint density at radius 3 is 2.63 bits per heavy atom. The number of nitrogens with one attached hydrogen (secondary N) is 2. The minimum absolute atomic E-state index is 0.729. The van der Waals surface area contributed by atoms with Crippen LogP contribution in [0.5, 0.6) is 0 Å². The van der Waals surface area contributed by atoms with Gasteiger partial charge in [-0.3, -0.25) is 10.00 Å². The molecule has 140 valence electrons. The van der Waals surface area contributed by atoms with Gasteiger partial charge in [0.15, 0.2) is 5.65 Å². The number of H-pyrrole nitrogens is 1. The molecule has 1 saturated heterocycles. The lowest BCUT2D eigenvalue weighted by atomic mass is 10.1. The Hall–Kier alpha value is -2.67. The predicted molar refractivity (Wildman–Crippen MR) is 107 cm³/mol. The molecule has 1 aromatic carbocycles. The number of rotatable bonds is 6. The summed E-state index contributed by atoms with van der Waals surface area (Å²) >= 11 is 0. The van der Waals surface area contributed by atoms with E-state index < -0.39 is 0 Å². The van der Waals surface area contributed by atoms with Crippen LogP contribution in [-0.4, -0.2) is 57.8 Å². The van der Waals surface area contributed by atoms with Gasteiger partial charge in [-0.25, -0.2) is 9.97 Å². The third kappa shape index (κ3) is 3.73. The van der Waals surface area contributed by atoms with Gasteiger partial charge in [-0.1, -0.05) is 12.1 Å². The summed E-state index contributed by atoms with van der Waals surface area (Å²) in [6.07, 6.45) is 6.19. The molecule has 7 nitrogen and oxygen atoms in total. The van der Waals surface area contributed by atoms with Crippen molar-refractivity contribution in [3.63, 3.8) is 0 Å². The molecular formula is C20H25N7. The molecule has 1 aliphatic heterocycles. The molecule has 1 aliphatic carbocycles. The van der Waals surface area contributed by atoms with Crippen molar-refractivity contribution in [3.05, 3.63) is 42.4 Å². The second-order valence-corrected chi connectivity index (χ2v) is 7.61. The van der Waals surface area contributed by atoms with Crippen molar-refractivity contribution in [2.24, 2.45) is 5.92 Å². The number of hydrogen-bond acceptors (Lipinski definition) is 6.